The number of rotatable bonds is 7. The van der Waals surface area contributed by atoms with Crippen molar-refractivity contribution in [3.63, 3.8) is 0 Å². The number of aliphatic hydroxyl groups is 1. The van der Waals surface area contributed by atoms with Gasteiger partial charge in [0.1, 0.15) is 6.61 Å². The van der Waals surface area contributed by atoms with Gasteiger partial charge in [0, 0.05) is 24.4 Å². The van der Waals surface area contributed by atoms with Gasteiger partial charge in [-0.1, -0.05) is 54.6 Å². The molecule has 3 rings (SSSR count). The molecule has 0 bridgehead atoms. The third-order valence-electron chi connectivity index (χ3n) is 3.95. The zero-order chi connectivity index (χ0) is 18.2. The molecule has 0 radical (unpaired) electrons. The highest BCUT2D eigenvalue weighted by atomic mass is 16.5. The van der Waals surface area contributed by atoms with Crippen molar-refractivity contribution >= 4 is 5.91 Å². The molecule has 5 nitrogen and oxygen atoms in total. The summed E-state index contributed by atoms with van der Waals surface area (Å²) in [4.78, 5) is 16.5. The van der Waals surface area contributed by atoms with Crippen LogP contribution in [0.5, 0.6) is 5.88 Å². The van der Waals surface area contributed by atoms with E-state index in [0.29, 0.717) is 24.6 Å². The van der Waals surface area contributed by atoms with Gasteiger partial charge in [0.25, 0.3) is 5.91 Å². The van der Waals surface area contributed by atoms with Gasteiger partial charge < -0.3 is 15.2 Å². The first-order chi connectivity index (χ1) is 12.8. The minimum absolute atomic E-state index is 0.0568. The summed E-state index contributed by atoms with van der Waals surface area (Å²) < 4.78 is 5.66. The lowest BCUT2D eigenvalue weighted by atomic mass is 10.1. The molecule has 0 aliphatic rings. The predicted molar refractivity (Wildman–Crippen MR) is 98.5 cm³/mol. The molecule has 3 aromatic rings. The van der Waals surface area contributed by atoms with Gasteiger partial charge in [0.2, 0.25) is 5.88 Å². The SMILES string of the molecule is O=C(NCc1ccccc1CO)c1ccnc(OCc2ccccc2)c1. The maximum absolute atomic E-state index is 12.4. The second-order valence-corrected chi connectivity index (χ2v) is 5.77. The highest BCUT2D eigenvalue weighted by Crippen LogP contribution is 2.13. The predicted octanol–water partition coefficient (Wildman–Crippen LogP) is 3.08. The molecule has 132 valence electrons. The number of nitrogens with one attached hydrogen (secondary N) is 1. The van der Waals surface area contributed by atoms with Gasteiger partial charge in [-0.2, -0.15) is 0 Å². The third kappa shape index (κ3) is 4.68. The molecule has 0 atom stereocenters. The summed E-state index contributed by atoms with van der Waals surface area (Å²) >= 11 is 0. The molecule has 1 heterocycles. The molecule has 0 aliphatic carbocycles. The number of ether oxygens (including phenoxy) is 1. The van der Waals surface area contributed by atoms with Gasteiger partial charge in [-0.15, -0.1) is 0 Å². The number of pyridine rings is 1. The van der Waals surface area contributed by atoms with Gasteiger partial charge in [-0.3, -0.25) is 4.79 Å². The van der Waals surface area contributed by atoms with Crippen LogP contribution in [0.4, 0.5) is 0 Å². The van der Waals surface area contributed by atoms with Crippen LogP contribution in [-0.2, 0) is 19.8 Å². The number of hydrogen-bond acceptors (Lipinski definition) is 4. The molecule has 0 spiro atoms. The zero-order valence-electron chi connectivity index (χ0n) is 14.3. The molecule has 0 fully saturated rings. The van der Waals surface area contributed by atoms with Gasteiger partial charge in [-0.25, -0.2) is 4.98 Å². The molecule has 0 aliphatic heterocycles. The van der Waals surface area contributed by atoms with Gasteiger partial charge in [0.05, 0.1) is 6.61 Å². The fourth-order valence-electron chi connectivity index (χ4n) is 2.52. The van der Waals surface area contributed by atoms with E-state index in [0.717, 1.165) is 16.7 Å². The Hall–Kier alpha value is -3.18. The molecule has 0 unspecified atom stereocenters. The number of aliphatic hydroxyl groups excluding tert-OH is 1. The average Bonchev–Trinajstić information content (AvgIpc) is 2.71. The normalized spacial score (nSPS) is 10.3. The van der Waals surface area contributed by atoms with Crippen LogP contribution in [0.15, 0.2) is 72.9 Å². The van der Waals surface area contributed by atoms with E-state index in [1.54, 1.807) is 18.3 Å². The van der Waals surface area contributed by atoms with Gasteiger partial charge >= 0.3 is 0 Å². The minimum Gasteiger partial charge on any atom is -0.473 e. The van der Waals surface area contributed by atoms with Crippen LogP contribution in [-0.4, -0.2) is 16.0 Å². The van der Waals surface area contributed by atoms with Crippen LogP contribution >= 0.6 is 0 Å². The van der Waals surface area contributed by atoms with E-state index in [9.17, 15) is 9.90 Å². The van der Waals surface area contributed by atoms with Crippen molar-refractivity contribution < 1.29 is 14.6 Å². The number of carbonyl (C=O) groups is 1. The van der Waals surface area contributed by atoms with Crippen LogP contribution in [0.25, 0.3) is 0 Å². The van der Waals surface area contributed by atoms with E-state index in [-0.39, 0.29) is 12.5 Å². The minimum atomic E-state index is -0.218. The number of carbonyl (C=O) groups excluding carboxylic acids is 1. The van der Waals surface area contributed by atoms with Gasteiger partial charge in [0.15, 0.2) is 0 Å². The zero-order valence-corrected chi connectivity index (χ0v) is 14.3. The lowest BCUT2D eigenvalue weighted by Crippen LogP contribution is -2.23. The number of nitrogens with zero attached hydrogens (tertiary/aromatic N) is 1. The maximum atomic E-state index is 12.4. The third-order valence-corrected chi connectivity index (χ3v) is 3.95. The van der Waals surface area contributed by atoms with Crippen LogP contribution in [0, 0.1) is 0 Å². The molecule has 2 aromatic carbocycles. The molecular formula is C21H20N2O3. The van der Waals surface area contributed by atoms with Crippen molar-refractivity contribution in [1.29, 1.82) is 0 Å². The summed E-state index contributed by atoms with van der Waals surface area (Å²) in [7, 11) is 0. The Bertz CT molecular complexity index is 866. The molecule has 1 amide bonds. The van der Waals surface area contributed by atoms with Crippen molar-refractivity contribution in [3.8, 4) is 5.88 Å². The van der Waals surface area contributed by atoms with Crippen LogP contribution in [0.3, 0.4) is 0 Å². The summed E-state index contributed by atoms with van der Waals surface area (Å²) in [6, 6.07) is 20.5. The Labute approximate surface area is 152 Å². The largest absolute Gasteiger partial charge is 0.473 e. The number of aromatic nitrogens is 1. The van der Waals surface area contributed by atoms with Crippen molar-refractivity contribution in [2.75, 3.05) is 0 Å². The van der Waals surface area contributed by atoms with E-state index in [2.05, 4.69) is 10.3 Å². The van der Waals surface area contributed by atoms with Crippen molar-refractivity contribution in [2.24, 2.45) is 0 Å². The van der Waals surface area contributed by atoms with E-state index in [4.69, 9.17) is 4.74 Å². The average molecular weight is 348 g/mol. The van der Waals surface area contributed by atoms with Crippen LogP contribution in [0.2, 0.25) is 0 Å². The molecule has 0 saturated heterocycles. The summed E-state index contributed by atoms with van der Waals surface area (Å²) in [5, 5.41) is 12.2. The smallest absolute Gasteiger partial charge is 0.251 e. The first-order valence-electron chi connectivity index (χ1n) is 8.35. The fraction of sp³-hybridized carbons (Fsp3) is 0.143. The fourth-order valence-corrected chi connectivity index (χ4v) is 2.52. The second kappa shape index (κ2) is 8.78. The molecule has 0 saturated carbocycles. The van der Waals surface area contributed by atoms with Crippen LogP contribution < -0.4 is 10.1 Å². The highest BCUT2D eigenvalue weighted by molar-refractivity contribution is 5.94. The van der Waals surface area contributed by atoms with E-state index >= 15 is 0 Å². The number of hydrogen-bond donors (Lipinski definition) is 2. The monoisotopic (exact) mass is 348 g/mol. The summed E-state index contributed by atoms with van der Waals surface area (Å²) in [5.41, 5.74) is 3.20. The topological polar surface area (TPSA) is 71.5 Å². The lowest BCUT2D eigenvalue weighted by molar-refractivity contribution is 0.0950. The lowest BCUT2D eigenvalue weighted by Gasteiger charge is -2.10. The Balaban J connectivity index is 1.61. The second-order valence-electron chi connectivity index (χ2n) is 5.77. The molecular weight excluding hydrogens is 328 g/mol. The van der Waals surface area contributed by atoms with Crippen molar-refractivity contribution in [3.05, 3.63) is 95.2 Å². The Morgan fingerprint density at radius 2 is 1.73 bits per heavy atom. The molecule has 5 heteroatoms. The summed E-state index contributed by atoms with van der Waals surface area (Å²) in [5.74, 6) is 0.182. The van der Waals surface area contributed by atoms with Gasteiger partial charge in [-0.05, 0) is 22.8 Å². The summed E-state index contributed by atoms with van der Waals surface area (Å²) in [6.07, 6.45) is 1.55. The Morgan fingerprint density at radius 3 is 2.50 bits per heavy atom. The standard InChI is InChI=1S/C21H20N2O3/c24-14-19-9-5-4-8-18(19)13-23-21(25)17-10-11-22-20(12-17)26-15-16-6-2-1-3-7-16/h1-12,24H,13-15H2,(H,23,25). The highest BCUT2D eigenvalue weighted by Gasteiger charge is 2.09. The summed E-state index contributed by atoms with van der Waals surface area (Å²) in [6.45, 7) is 0.680. The van der Waals surface area contributed by atoms with E-state index in [1.807, 2.05) is 54.6 Å². The first-order valence-corrected chi connectivity index (χ1v) is 8.35. The Morgan fingerprint density at radius 1 is 1.00 bits per heavy atom. The molecule has 2 N–H and O–H groups in total. The molecule has 26 heavy (non-hydrogen) atoms. The first kappa shape index (κ1) is 17.6. The quantitative estimate of drug-likeness (QED) is 0.688. The molecule has 1 aromatic heterocycles. The van der Waals surface area contributed by atoms with E-state index < -0.39 is 0 Å². The maximum Gasteiger partial charge on any atom is 0.251 e. The Kier molecular flexibility index (Phi) is 5.96. The van der Waals surface area contributed by atoms with E-state index in [1.165, 1.54) is 0 Å². The van der Waals surface area contributed by atoms with Crippen molar-refractivity contribution in [2.45, 2.75) is 19.8 Å². The number of amides is 1. The van der Waals surface area contributed by atoms with Crippen molar-refractivity contribution in [1.82, 2.24) is 10.3 Å². The number of benzene rings is 2. The van der Waals surface area contributed by atoms with Crippen LogP contribution in [0.1, 0.15) is 27.0 Å².